The maximum Gasteiger partial charge on any atom is 0.306 e. The lowest BCUT2D eigenvalue weighted by molar-refractivity contribution is -0.148. The number of ether oxygens (including phenoxy) is 1. The maximum absolute atomic E-state index is 12.1. The van der Waals surface area contributed by atoms with Crippen molar-refractivity contribution in [1.29, 1.82) is 0 Å². The molecule has 2 saturated carbocycles. The van der Waals surface area contributed by atoms with Crippen molar-refractivity contribution in [3.05, 3.63) is 29.3 Å². The molecule has 2 fully saturated rings. The van der Waals surface area contributed by atoms with E-state index in [2.05, 4.69) is 12.2 Å². The average Bonchev–Trinajstić information content (AvgIpc) is 3.17. The van der Waals surface area contributed by atoms with Crippen LogP contribution in [0.1, 0.15) is 50.2 Å². The molecule has 130 valence electrons. The van der Waals surface area contributed by atoms with Crippen molar-refractivity contribution in [1.82, 2.24) is 0 Å². The molecule has 0 aromatic heterocycles. The maximum atomic E-state index is 12.1. The van der Waals surface area contributed by atoms with Crippen molar-refractivity contribution in [2.45, 2.75) is 52.4 Å². The molecule has 4 nitrogen and oxygen atoms in total. The van der Waals surface area contributed by atoms with E-state index in [-0.39, 0.29) is 18.5 Å². The zero-order valence-corrected chi connectivity index (χ0v) is 14.6. The second-order valence-electron chi connectivity index (χ2n) is 7.31. The quantitative estimate of drug-likeness (QED) is 0.806. The summed E-state index contributed by atoms with van der Waals surface area (Å²) in [5, 5.41) is 2.89. The number of para-hydroxylation sites is 1. The van der Waals surface area contributed by atoms with Gasteiger partial charge in [0.15, 0.2) is 6.61 Å². The molecule has 0 radical (unpaired) electrons. The van der Waals surface area contributed by atoms with Crippen LogP contribution in [0.15, 0.2) is 18.2 Å². The molecule has 0 aliphatic heterocycles. The number of hydrogen-bond donors (Lipinski definition) is 1. The molecule has 1 amide bonds. The van der Waals surface area contributed by atoms with Gasteiger partial charge in [0.25, 0.3) is 5.91 Å². The van der Waals surface area contributed by atoms with Crippen molar-refractivity contribution >= 4 is 17.6 Å². The Bertz CT molecular complexity index is 625. The molecule has 2 aliphatic rings. The molecule has 1 N–H and O–H groups in total. The van der Waals surface area contributed by atoms with Gasteiger partial charge in [0.1, 0.15) is 0 Å². The molecule has 3 atom stereocenters. The Labute approximate surface area is 144 Å². The van der Waals surface area contributed by atoms with Gasteiger partial charge in [-0.15, -0.1) is 0 Å². The molecule has 2 aliphatic carbocycles. The van der Waals surface area contributed by atoms with Crippen molar-refractivity contribution < 1.29 is 14.3 Å². The summed E-state index contributed by atoms with van der Waals surface area (Å²) in [6.45, 7) is 3.83. The molecule has 0 heterocycles. The number of amides is 1. The average molecular weight is 329 g/mol. The van der Waals surface area contributed by atoms with E-state index in [4.69, 9.17) is 4.74 Å². The van der Waals surface area contributed by atoms with Gasteiger partial charge in [0, 0.05) is 12.1 Å². The Morgan fingerprint density at radius 2 is 2.08 bits per heavy atom. The van der Waals surface area contributed by atoms with E-state index in [0.717, 1.165) is 35.6 Å². The fraction of sp³-hybridized carbons (Fsp3) is 0.600. The van der Waals surface area contributed by atoms with Crippen LogP contribution in [0, 0.1) is 24.7 Å². The lowest BCUT2D eigenvalue weighted by Crippen LogP contribution is -2.24. The lowest BCUT2D eigenvalue weighted by atomic mass is 9.86. The zero-order valence-electron chi connectivity index (χ0n) is 14.6. The fourth-order valence-corrected chi connectivity index (χ4v) is 4.42. The number of aryl methyl sites for hydroxylation is 2. The highest BCUT2D eigenvalue weighted by Gasteiger charge is 2.40. The smallest absolute Gasteiger partial charge is 0.306 e. The van der Waals surface area contributed by atoms with Gasteiger partial charge in [-0.3, -0.25) is 9.59 Å². The Hall–Kier alpha value is -1.84. The highest BCUT2D eigenvalue weighted by molar-refractivity contribution is 5.94. The van der Waals surface area contributed by atoms with Crippen LogP contribution in [0.25, 0.3) is 0 Å². The second-order valence-corrected chi connectivity index (χ2v) is 7.31. The first kappa shape index (κ1) is 17.0. The van der Waals surface area contributed by atoms with Crippen LogP contribution in [-0.2, 0) is 20.7 Å². The summed E-state index contributed by atoms with van der Waals surface area (Å²) in [6.07, 6.45) is 6.35. The monoisotopic (exact) mass is 329 g/mol. The molecule has 0 saturated heterocycles. The molecule has 4 heteroatoms. The summed E-state index contributed by atoms with van der Waals surface area (Å²) < 4.78 is 5.21. The predicted octanol–water partition coefficient (Wildman–Crippen LogP) is 3.87. The molecule has 1 aromatic carbocycles. The second kappa shape index (κ2) is 7.37. The number of rotatable bonds is 6. The van der Waals surface area contributed by atoms with Crippen molar-refractivity contribution in [2.75, 3.05) is 11.9 Å². The first-order chi connectivity index (χ1) is 11.6. The Morgan fingerprint density at radius 3 is 2.75 bits per heavy atom. The first-order valence-electron chi connectivity index (χ1n) is 9.10. The summed E-state index contributed by atoms with van der Waals surface area (Å²) in [5.74, 6) is 1.51. The van der Waals surface area contributed by atoms with Gasteiger partial charge in [-0.05, 0) is 61.5 Å². The van der Waals surface area contributed by atoms with Crippen molar-refractivity contribution in [3.8, 4) is 0 Å². The molecule has 3 rings (SSSR count). The summed E-state index contributed by atoms with van der Waals surface area (Å²) in [6, 6.07) is 5.96. The van der Waals surface area contributed by atoms with Gasteiger partial charge < -0.3 is 10.1 Å². The van der Waals surface area contributed by atoms with Gasteiger partial charge in [-0.25, -0.2) is 0 Å². The topological polar surface area (TPSA) is 55.4 Å². The summed E-state index contributed by atoms with van der Waals surface area (Å²) in [5.41, 5.74) is 2.96. The molecule has 0 unspecified atom stereocenters. The summed E-state index contributed by atoms with van der Waals surface area (Å²) in [7, 11) is 0. The third kappa shape index (κ3) is 3.80. The van der Waals surface area contributed by atoms with E-state index in [9.17, 15) is 9.59 Å². The third-order valence-corrected chi connectivity index (χ3v) is 5.68. The number of anilines is 1. The first-order valence-corrected chi connectivity index (χ1v) is 9.10. The number of esters is 1. The van der Waals surface area contributed by atoms with Crippen LogP contribution in [-0.4, -0.2) is 18.5 Å². The Morgan fingerprint density at radius 1 is 1.25 bits per heavy atom. The van der Waals surface area contributed by atoms with E-state index in [1.165, 1.54) is 19.3 Å². The van der Waals surface area contributed by atoms with Crippen LogP contribution in [0.4, 0.5) is 5.69 Å². The van der Waals surface area contributed by atoms with Crippen LogP contribution >= 0.6 is 0 Å². The van der Waals surface area contributed by atoms with Gasteiger partial charge in [0.05, 0.1) is 0 Å². The molecule has 2 bridgehead atoms. The predicted molar refractivity (Wildman–Crippen MR) is 93.7 cm³/mol. The van der Waals surface area contributed by atoms with Gasteiger partial charge in [-0.2, -0.15) is 0 Å². The Balaban J connectivity index is 1.46. The van der Waals surface area contributed by atoms with E-state index >= 15 is 0 Å². The highest BCUT2D eigenvalue weighted by atomic mass is 16.5. The van der Waals surface area contributed by atoms with Crippen LogP contribution < -0.4 is 5.32 Å². The van der Waals surface area contributed by atoms with Crippen molar-refractivity contribution in [2.24, 2.45) is 17.8 Å². The van der Waals surface area contributed by atoms with Crippen LogP contribution in [0.5, 0.6) is 0 Å². The molecule has 0 spiro atoms. The number of benzene rings is 1. The lowest BCUT2D eigenvalue weighted by Gasteiger charge is -2.20. The minimum absolute atomic E-state index is 0.197. The van der Waals surface area contributed by atoms with Gasteiger partial charge in [0.2, 0.25) is 0 Å². The van der Waals surface area contributed by atoms with Crippen LogP contribution in [0.2, 0.25) is 0 Å². The van der Waals surface area contributed by atoms with E-state index < -0.39 is 0 Å². The number of carbonyl (C=O) groups excluding carboxylic acids is 2. The fourth-order valence-electron chi connectivity index (χ4n) is 4.42. The largest absolute Gasteiger partial charge is 0.456 e. The van der Waals surface area contributed by atoms with E-state index in [1.54, 1.807) is 0 Å². The highest BCUT2D eigenvalue weighted by Crippen LogP contribution is 2.49. The third-order valence-electron chi connectivity index (χ3n) is 5.68. The number of fused-ring (bicyclic) bond motifs is 2. The van der Waals surface area contributed by atoms with Crippen molar-refractivity contribution in [3.63, 3.8) is 0 Å². The normalized spacial score (nSPS) is 24.8. The SMILES string of the molecule is CCc1cccc(C)c1NC(=O)COC(=O)C[C@@H]1C[C@@H]2CC[C@@H]1C2. The zero-order chi connectivity index (χ0) is 17.1. The minimum atomic E-state index is -0.264. The van der Waals surface area contributed by atoms with Gasteiger partial charge in [-0.1, -0.05) is 31.5 Å². The van der Waals surface area contributed by atoms with Gasteiger partial charge >= 0.3 is 5.97 Å². The molecule has 1 aromatic rings. The number of nitrogens with one attached hydrogen (secondary N) is 1. The molecular formula is C20H27NO3. The minimum Gasteiger partial charge on any atom is -0.456 e. The summed E-state index contributed by atoms with van der Waals surface area (Å²) >= 11 is 0. The standard InChI is InChI=1S/C20H27NO3/c1-3-15-6-4-5-13(2)20(15)21-18(22)12-24-19(23)11-17-10-14-7-8-16(17)9-14/h4-6,14,16-17H,3,7-12H2,1-2H3,(H,21,22)/t14-,16-,17+/m1/s1. The number of hydrogen-bond acceptors (Lipinski definition) is 3. The molecular weight excluding hydrogens is 302 g/mol. The van der Waals surface area contributed by atoms with E-state index in [1.807, 2.05) is 25.1 Å². The van der Waals surface area contributed by atoms with E-state index in [0.29, 0.717) is 18.3 Å². The Kier molecular flexibility index (Phi) is 5.22. The number of carbonyl (C=O) groups is 2. The molecule has 24 heavy (non-hydrogen) atoms. The summed E-state index contributed by atoms with van der Waals surface area (Å²) in [4.78, 5) is 24.1. The van der Waals surface area contributed by atoms with Crippen LogP contribution in [0.3, 0.4) is 0 Å².